The molecular weight excluding hydrogens is 427 g/mol. The number of carbonyl (C=O) groups excluding carboxylic acids is 1. The van der Waals surface area contributed by atoms with Crippen molar-refractivity contribution in [3.05, 3.63) is 44.8 Å². The number of hydrogen-bond donors (Lipinski definition) is 2. The molecule has 0 atom stereocenters. The Hall–Kier alpha value is -1.68. The SMILES string of the molecule is Cc1cc(C)nc(SCC(=O)NN=Cc2ccc(O)c(I)c2)n1. The first kappa shape index (κ1) is 17.7. The second kappa shape index (κ2) is 8.25. The summed E-state index contributed by atoms with van der Waals surface area (Å²) >= 11 is 3.29. The van der Waals surface area contributed by atoms with E-state index in [2.05, 4.69) is 20.5 Å². The van der Waals surface area contributed by atoms with E-state index in [0.717, 1.165) is 20.5 Å². The maximum atomic E-state index is 11.8. The van der Waals surface area contributed by atoms with Crippen LogP contribution in [0.3, 0.4) is 0 Å². The summed E-state index contributed by atoms with van der Waals surface area (Å²) in [6.07, 6.45) is 1.53. The van der Waals surface area contributed by atoms with Crippen molar-refractivity contribution in [1.29, 1.82) is 0 Å². The number of aromatic hydroxyl groups is 1. The van der Waals surface area contributed by atoms with E-state index in [4.69, 9.17) is 0 Å². The molecule has 0 unspecified atom stereocenters. The first-order chi connectivity index (χ1) is 10.9. The molecule has 0 aliphatic heterocycles. The minimum Gasteiger partial charge on any atom is -0.507 e. The summed E-state index contributed by atoms with van der Waals surface area (Å²) in [5.74, 6) is 0.173. The molecule has 0 bridgehead atoms. The molecule has 0 aliphatic rings. The van der Waals surface area contributed by atoms with Gasteiger partial charge in [-0.25, -0.2) is 15.4 Å². The number of phenols is 1. The van der Waals surface area contributed by atoms with E-state index < -0.39 is 0 Å². The van der Waals surface area contributed by atoms with Crippen molar-refractivity contribution >= 4 is 46.5 Å². The standard InChI is InChI=1S/C15H15IN4O2S/c1-9-5-10(2)19-15(18-9)23-8-14(22)20-17-7-11-3-4-13(21)12(16)6-11/h3-7,21H,8H2,1-2H3,(H,20,22). The van der Waals surface area contributed by atoms with Crippen LogP contribution in [-0.2, 0) is 4.79 Å². The maximum Gasteiger partial charge on any atom is 0.250 e. The lowest BCUT2D eigenvalue weighted by atomic mass is 10.2. The minimum atomic E-state index is -0.234. The van der Waals surface area contributed by atoms with E-state index in [-0.39, 0.29) is 17.4 Å². The van der Waals surface area contributed by atoms with Crippen molar-refractivity contribution < 1.29 is 9.90 Å². The third-order valence-corrected chi connectivity index (χ3v) is 4.38. The normalized spacial score (nSPS) is 10.9. The van der Waals surface area contributed by atoms with E-state index >= 15 is 0 Å². The molecule has 0 radical (unpaired) electrons. The molecule has 2 N–H and O–H groups in total. The molecule has 1 heterocycles. The van der Waals surface area contributed by atoms with Crippen molar-refractivity contribution in [2.24, 2.45) is 5.10 Å². The highest BCUT2D eigenvalue weighted by Crippen LogP contribution is 2.19. The largest absolute Gasteiger partial charge is 0.507 e. The van der Waals surface area contributed by atoms with Gasteiger partial charge in [0.25, 0.3) is 5.91 Å². The molecule has 1 aromatic carbocycles. The smallest absolute Gasteiger partial charge is 0.250 e. The molecule has 0 saturated heterocycles. The van der Waals surface area contributed by atoms with Crippen molar-refractivity contribution in [1.82, 2.24) is 15.4 Å². The molecule has 0 fully saturated rings. The van der Waals surface area contributed by atoms with Crippen molar-refractivity contribution in [3.8, 4) is 5.75 Å². The third kappa shape index (κ3) is 5.79. The van der Waals surface area contributed by atoms with Crippen LogP contribution in [0.25, 0.3) is 0 Å². The molecular formula is C15H15IN4O2S. The zero-order chi connectivity index (χ0) is 16.8. The van der Waals surface area contributed by atoms with Gasteiger partial charge in [-0.05, 0) is 66.3 Å². The lowest BCUT2D eigenvalue weighted by Crippen LogP contribution is -2.19. The monoisotopic (exact) mass is 442 g/mol. The summed E-state index contributed by atoms with van der Waals surface area (Å²) in [7, 11) is 0. The zero-order valence-corrected chi connectivity index (χ0v) is 15.6. The number of nitrogens with one attached hydrogen (secondary N) is 1. The van der Waals surface area contributed by atoms with E-state index in [0.29, 0.717) is 5.16 Å². The Kier molecular flexibility index (Phi) is 6.34. The van der Waals surface area contributed by atoms with Crippen LogP contribution >= 0.6 is 34.4 Å². The van der Waals surface area contributed by atoms with Crippen LogP contribution in [0.15, 0.2) is 34.5 Å². The molecule has 6 nitrogen and oxygen atoms in total. The van der Waals surface area contributed by atoms with Gasteiger partial charge >= 0.3 is 0 Å². The fourth-order valence-electron chi connectivity index (χ4n) is 1.70. The maximum absolute atomic E-state index is 11.8. The topological polar surface area (TPSA) is 87.5 Å². The number of aromatic nitrogens is 2. The first-order valence-corrected chi connectivity index (χ1v) is 8.76. The fourth-order valence-corrected chi connectivity index (χ4v) is 2.98. The number of benzene rings is 1. The van der Waals surface area contributed by atoms with Crippen molar-refractivity contribution in [2.45, 2.75) is 19.0 Å². The average molecular weight is 442 g/mol. The van der Waals surface area contributed by atoms with Crippen LogP contribution < -0.4 is 5.43 Å². The van der Waals surface area contributed by atoms with Gasteiger partial charge < -0.3 is 5.11 Å². The Bertz CT molecular complexity index is 732. The summed E-state index contributed by atoms with van der Waals surface area (Å²) < 4.78 is 0.723. The molecule has 0 saturated carbocycles. The van der Waals surface area contributed by atoms with E-state index in [1.165, 1.54) is 18.0 Å². The molecule has 8 heteroatoms. The average Bonchev–Trinajstić information content (AvgIpc) is 2.48. The highest BCUT2D eigenvalue weighted by molar-refractivity contribution is 14.1. The van der Waals surface area contributed by atoms with Crippen LogP contribution in [-0.4, -0.2) is 32.9 Å². The van der Waals surface area contributed by atoms with E-state index in [1.54, 1.807) is 18.2 Å². The van der Waals surface area contributed by atoms with Crippen LogP contribution in [0.4, 0.5) is 0 Å². The van der Waals surface area contributed by atoms with Gasteiger partial charge in [0.1, 0.15) is 5.75 Å². The van der Waals surface area contributed by atoms with Crippen molar-refractivity contribution in [2.75, 3.05) is 5.75 Å². The third-order valence-electron chi connectivity index (χ3n) is 2.67. The van der Waals surface area contributed by atoms with Gasteiger partial charge in [0, 0.05) is 11.4 Å². The highest BCUT2D eigenvalue weighted by atomic mass is 127. The molecule has 120 valence electrons. The summed E-state index contributed by atoms with van der Waals surface area (Å²) in [6, 6.07) is 6.95. The highest BCUT2D eigenvalue weighted by Gasteiger charge is 2.05. The molecule has 0 spiro atoms. The van der Waals surface area contributed by atoms with Gasteiger partial charge in [-0.3, -0.25) is 4.79 Å². The number of hydrogen-bond acceptors (Lipinski definition) is 6. The number of halogens is 1. The van der Waals surface area contributed by atoms with Gasteiger partial charge in [0.05, 0.1) is 15.5 Å². The number of aryl methyl sites for hydroxylation is 2. The van der Waals surface area contributed by atoms with E-state index in [1.807, 2.05) is 42.5 Å². The quantitative estimate of drug-likeness (QED) is 0.245. The van der Waals surface area contributed by atoms with Crippen LogP contribution in [0, 0.1) is 17.4 Å². The number of phenolic OH excluding ortho intramolecular Hbond substituents is 1. The molecule has 2 rings (SSSR count). The Balaban J connectivity index is 1.85. The van der Waals surface area contributed by atoms with Crippen LogP contribution in [0.1, 0.15) is 17.0 Å². The summed E-state index contributed by atoms with van der Waals surface area (Å²) in [5.41, 5.74) is 4.99. The van der Waals surface area contributed by atoms with Gasteiger partial charge in [-0.1, -0.05) is 11.8 Å². The van der Waals surface area contributed by atoms with Gasteiger partial charge in [-0.15, -0.1) is 0 Å². The Labute approximate surface area is 152 Å². The second-order valence-corrected chi connectivity index (χ2v) is 6.83. The first-order valence-electron chi connectivity index (χ1n) is 6.69. The second-order valence-electron chi connectivity index (χ2n) is 4.73. The van der Waals surface area contributed by atoms with Gasteiger partial charge in [0.2, 0.25) is 0 Å². The van der Waals surface area contributed by atoms with Crippen molar-refractivity contribution in [3.63, 3.8) is 0 Å². The summed E-state index contributed by atoms with van der Waals surface area (Å²) in [5, 5.41) is 13.9. The number of nitrogens with zero attached hydrogens (tertiary/aromatic N) is 3. The molecule has 23 heavy (non-hydrogen) atoms. The predicted octanol–water partition coefficient (Wildman–Crippen LogP) is 2.65. The minimum absolute atomic E-state index is 0.188. The number of thioether (sulfide) groups is 1. The van der Waals surface area contributed by atoms with Crippen LogP contribution in [0.5, 0.6) is 5.75 Å². The summed E-state index contributed by atoms with van der Waals surface area (Å²) in [4.78, 5) is 20.3. The van der Waals surface area contributed by atoms with E-state index in [9.17, 15) is 9.90 Å². The Morgan fingerprint density at radius 1 is 1.35 bits per heavy atom. The number of carbonyl (C=O) groups is 1. The molecule has 2 aromatic rings. The van der Waals surface area contributed by atoms with Crippen LogP contribution in [0.2, 0.25) is 0 Å². The number of hydrazone groups is 1. The molecule has 0 aliphatic carbocycles. The van der Waals surface area contributed by atoms with Gasteiger partial charge in [0.15, 0.2) is 5.16 Å². The van der Waals surface area contributed by atoms with Gasteiger partial charge in [-0.2, -0.15) is 5.10 Å². The lowest BCUT2D eigenvalue weighted by Gasteiger charge is -2.02. The Morgan fingerprint density at radius 2 is 2.04 bits per heavy atom. The molecule has 1 aromatic heterocycles. The fraction of sp³-hybridized carbons (Fsp3) is 0.200. The number of amides is 1. The molecule has 1 amide bonds. The predicted molar refractivity (Wildman–Crippen MR) is 98.8 cm³/mol. The number of rotatable bonds is 5. The Morgan fingerprint density at radius 3 is 2.70 bits per heavy atom. The zero-order valence-electron chi connectivity index (χ0n) is 12.6. The lowest BCUT2D eigenvalue weighted by molar-refractivity contribution is -0.118. The summed E-state index contributed by atoms with van der Waals surface area (Å²) in [6.45, 7) is 3.78.